The lowest BCUT2D eigenvalue weighted by atomic mass is 10.1. The van der Waals surface area contributed by atoms with Crippen LogP contribution >= 0.6 is 11.3 Å². The zero-order valence-corrected chi connectivity index (χ0v) is 17.5. The van der Waals surface area contributed by atoms with Crippen LogP contribution < -0.4 is 10.1 Å². The number of rotatable bonds is 7. The second kappa shape index (κ2) is 8.51. The lowest BCUT2D eigenvalue weighted by Gasteiger charge is -2.05. The maximum atomic E-state index is 12.5. The molecule has 0 spiro atoms. The molecule has 0 aliphatic rings. The first-order chi connectivity index (χ1) is 14.5. The Morgan fingerprint density at radius 1 is 1.10 bits per heavy atom. The molecule has 0 saturated carbocycles. The Bertz CT molecular complexity index is 1190. The Morgan fingerprint density at radius 2 is 1.83 bits per heavy atom. The van der Waals surface area contributed by atoms with E-state index >= 15 is 0 Å². The van der Waals surface area contributed by atoms with Crippen LogP contribution in [0, 0.1) is 0 Å². The van der Waals surface area contributed by atoms with E-state index in [4.69, 9.17) is 4.74 Å². The van der Waals surface area contributed by atoms with Gasteiger partial charge in [0, 0.05) is 34.1 Å². The maximum Gasteiger partial charge on any atom is 0.230 e. The standard InChI is InChI=1S/C23H21N3O3S/c1-3-29-20-10-6-17(7-11-20)21-13-26-19(14-30-23(26)25-21)12-22(28)24-18-8-4-16(5-9-18)15(2)27/h4-11,13-14H,3,12H2,1-2H3,(H,24,28). The molecular formula is C23H21N3O3S. The van der Waals surface area contributed by atoms with E-state index in [0.29, 0.717) is 17.9 Å². The molecule has 4 rings (SSSR count). The molecule has 0 unspecified atom stereocenters. The van der Waals surface area contributed by atoms with Gasteiger partial charge in [0.05, 0.1) is 18.7 Å². The summed E-state index contributed by atoms with van der Waals surface area (Å²) in [5.74, 6) is 0.703. The summed E-state index contributed by atoms with van der Waals surface area (Å²) in [6.45, 7) is 4.10. The summed E-state index contributed by atoms with van der Waals surface area (Å²) in [6.07, 6.45) is 2.18. The van der Waals surface area contributed by atoms with Crippen LogP contribution in [0.3, 0.4) is 0 Å². The number of anilines is 1. The number of ketones is 1. The third kappa shape index (κ3) is 4.26. The summed E-state index contributed by atoms with van der Waals surface area (Å²) in [5.41, 5.74) is 4.00. The van der Waals surface area contributed by atoms with Gasteiger partial charge >= 0.3 is 0 Å². The summed E-state index contributed by atoms with van der Waals surface area (Å²) < 4.78 is 7.44. The topological polar surface area (TPSA) is 72.7 Å². The smallest absolute Gasteiger partial charge is 0.230 e. The molecule has 1 amide bonds. The minimum atomic E-state index is -0.124. The van der Waals surface area contributed by atoms with E-state index in [-0.39, 0.29) is 18.1 Å². The number of hydrogen-bond acceptors (Lipinski definition) is 5. The van der Waals surface area contributed by atoms with Crippen LogP contribution in [0.2, 0.25) is 0 Å². The first-order valence-electron chi connectivity index (χ1n) is 9.63. The van der Waals surface area contributed by atoms with Crippen molar-refractivity contribution in [3.63, 3.8) is 0 Å². The molecule has 6 nitrogen and oxygen atoms in total. The average molecular weight is 420 g/mol. The number of nitrogens with zero attached hydrogens (tertiary/aromatic N) is 2. The average Bonchev–Trinajstić information content (AvgIpc) is 3.31. The molecule has 0 fully saturated rings. The van der Waals surface area contributed by atoms with Crippen LogP contribution in [0.25, 0.3) is 16.2 Å². The number of fused-ring (bicyclic) bond motifs is 1. The Balaban J connectivity index is 1.48. The van der Waals surface area contributed by atoms with E-state index in [1.54, 1.807) is 24.3 Å². The van der Waals surface area contributed by atoms with Crippen molar-refractivity contribution >= 4 is 33.7 Å². The molecule has 0 aliphatic heterocycles. The molecule has 1 N–H and O–H groups in total. The fourth-order valence-corrected chi connectivity index (χ4v) is 4.02. The zero-order valence-electron chi connectivity index (χ0n) is 16.7. The molecule has 0 radical (unpaired) electrons. The molecule has 0 aliphatic carbocycles. The predicted octanol–water partition coefficient (Wildman–Crippen LogP) is 4.85. The fraction of sp³-hybridized carbons (Fsp3) is 0.174. The molecule has 2 heterocycles. The summed E-state index contributed by atoms with van der Waals surface area (Å²) in [6, 6.07) is 14.7. The number of imidazole rings is 1. The summed E-state index contributed by atoms with van der Waals surface area (Å²) >= 11 is 1.50. The summed E-state index contributed by atoms with van der Waals surface area (Å²) in [5, 5.41) is 4.82. The Morgan fingerprint density at radius 3 is 2.50 bits per heavy atom. The monoisotopic (exact) mass is 419 g/mol. The molecule has 0 atom stereocenters. The quantitative estimate of drug-likeness (QED) is 0.435. The molecule has 0 bridgehead atoms. The molecule has 30 heavy (non-hydrogen) atoms. The highest BCUT2D eigenvalue weighted by Gasteiger charge is 2.13. The van der Waals surface area contributed by atoms with Crippen molar-refractivity contribution in [2.75, 3.05) is 11.9 Å². The highest BCUT2D eigenvalue weighted by molar-refractivity contribution is 7.15. The van der Waals surface area contributed by atoms with Gasteiger partial charge < -0.3 is 10.1 Å². The number of thiazole rings is 1. The van der Waals surface area contributed by atoms with Crippen LogP contribution in [-0.4, -0.2) is 27.7 Å². The number of ether oxygens (including phenoxy) is 1. The SMILES string of the molecule is CCOc1ccc(-c2cn3c(CC(=O)Nc4ccc(C(C)=O)cc4)csc3n2)cc1. The molecule has 152 valence electrons. The van der Waals surface area contributed by atoms with Gasteiger partial charge in [-0.05, 0) is 62.4 Å². The van der Waals surface area contributed by atoms with Crippen molar-refractivity contribution in [2.45, 2.75) is 20.3 Å². The number of aromatic nitrogens is 2. The molecule has 2 aromatic heterocycles. The van der Waals surface area contributed by atoms with Crippen molar-refractivity contribution in [1.29, 1.82) is 0 Å². The minimum Gasteiger partial charge on any atom is -0.494 e. The Labute approximate surface area is 178 Å². The minimum absolute atomic E-state index is 0.00279. The third-order valence-corrected chi connectivity index (χ3v) is 5.55. The highest BCUT2D eigenvalue weighted by Crippen LogP contribution is 2.26. The van der Waals surface area contributed by atoms with E-state index in [1.807, 2.05) is 47.2 Å². The van der Waals surface area contributed by atoms with Crippen LogP contribution in [0.15, 0.2) is 60.1 Å². The first kappa shape index (κ1) is 19.8. The number of amides is 1. The normalized spacial score (nSPS) is 10.9. The largest absolute Gasteiger partial charge is 0.494 e. The second-order valence-electron chi connectivity index (χ2n) is 6.82. The number of carbonyl (C=O) groups is 2. The molecule has 7 heteroatoms. The number of nitrogens with one attached hydrogen (secondary N) is 1. The first-order valence-corrected chi connectivity index (χ1v) is 10.5. The predicted molar refractivity (Wildman–Crippen MR) is 118 cm³/mol. The van der Waals surface area contributed by atoms with E-state index in [0.717, 1.165) is 27.7 Å². The fourth-order valence-electron chi connectivity index (χ4n) is 3.14. The van der Waals surface area contributed by atoms with Crippen molar-refractivity contribution in [3.8, 4) is 17.0 Å². The van der Waals surface area contributed by atoms with Crippen molar-refractivity contribution in [2.24, 2.45) is 0 Å². The molecule has 4 aromatic rings. The van der Waals surface area contributed by atoms with Crippen LogP contribution in [-0.2, 0) is 11.2 Å². The molecular weight excluding hydrogens is 398 g/mol. The van der Waals surface area contributed by atoms with Crippen LogP contribution in [0.1, 0.15) is 29.9 Å². The van der Waals surface area contributed by atoms with E-state index in [1.165, 1.54) is 18.3 Å². The highest BCUT2D eigenvalue weighted by atomic mass is 32.1. The van der Waals surface area contributed by atoms with Crippen molar-refractivity contribution in [3.05, 3.63) is 71.4 Å². The van der Waals surface area contributed by atoms with E-state index in [9.17, 15) is 9.59 Å². The van der Waals surface area contributed by atoms with Crippen LogP contribution in [0.4, 0.5) is 5.69 Å². The second-order valence-corrected chi connectivity index (χ2v) is 7.66. The lowest BCUT2D eigenvalue weighted by Crippen LogP contribution is -2.15. The number of benzene rings is 2. The zero-order chi connectivity index (χ0) is 21.1. The van der Waals surface area contributed by atoms with Crippen molar-refractivity contribution < 1.29 is 14.3 Å². The van der Waals surface area contributed by atoms with Crippen LogP contribution in [0.5, 0.6) is 5.75 Å². The summed E-state index contributed by atoms with van der Waals surface area (Å²) in [4.78, 5) is 29.4. The van der Waals surface area contributed by atoms with Gasteiger partial charge in [0.1, 0.15) is 5.75 Å². The van der Waals surface area contributed by atoms with Gasteiger partial charge in [-0.25, -0.2) is 4.98 Å². The van der Waals surface area contributed by atoms with E-state index in [2.05, 4.69) is 10.3 Å². The number of carbonyl (C=O) groups excluding carboxylic acids is 2. The van der Waals surface area contributed by atoms with Gasteiger partial charge in [-0.15, -0.1) is 11.3 Å². The molecule has 2 aromatic carbocycles. The van der Waals surface area contributed by atoms with Gasteiger partial charge in [0.25, 0.3) is 0 Å². The molecule has 0 saturated heterocycles. The van der Waals surface area contributed by atoms with Gasteiger partial charge in [-0.2, -0.15) is 0 Å². The van der Waals surface area contributed by atoms with Gasteiger partial charge in [-0.1, -0.05) is 0 Å². The lowest BCUT2D eigenvalue weighted by molar-refractivity contribution is -0.115. The number of Topliss-reactive ketones (excluding diaryl/α,β-unsaturated/α-hetero) is 1. The number of hydrogen-bond donors (Lipinski definition) is 1. The maximum absolute atomic E-state index is 12.5. The third-order valence-electron chi connectivity index (χ3n) is 4.66. The van der Waals surface area contributed by atoms with Crippen molar-refractivity contribution in [1.82, 2.24) is 9.38 Å². The van der Waals surface area contributed by atoms with Gasteiger partial charge in [0.15, 0.2) is 10.7 Å². The Hall–Kier alpha value is -3.45. The van der Waals surface area contributed by atoms with Gasteiger partial charge in [-0.3, -0.25) is 14.0 Å². The van der Waals surface area contributed by atoms with E-state index < -0.39 is 0 Å². The Kier molecular flexibility index (Phi) is 5.63. The summed E-state index contributed by atoms with van der Waals surface area (Å²) in [7, 11) is 0. The van der Waals surface area contributed by atoms with Gasteiger partial charge in [0.2, 0.25) is 5.91 Å².